The van der Waals surface area contributed by atoms with Gasteiger partial charge in [-0.1, -0.05) is 33.1 Å². The second-order valence-electron chi connectivity index (χ2n) is 4.46. The van der Waals surface area contributed by atoms with Crippen LogP contribution >= 0.6 is 0 Å². The summed E-state index contributed by atoms with van der Waals surface area (Å²) in [5, 5.41) is 4.60. The van der Waals surface area contributed by atoms with Crippen molar-refractivity contribution in [2.24, 2.45) is 0 Å². The number of hydrogen-bond acceptors (Lipinski definition) is 1. The normalized spacial score (nSPS) is 13.1. The van der Waals surface area contributed by atoms with E-state index in [-0.39, 0.29) is 0 Å². The summed E-state index contributed by atoms with van der Waals surface area (Å²) in [5.41, 5.74) is 2.45. The van der Waals surface area contributed by atoms with E-state index in [0.717, 1.165) is 5.69 Å². The zero-order chi connectivity index (χ0) is 11.3. The highest BCUT2D eigenvalue weighted by atomic mass is 15.3. The number of unbranched alkanes of at least 4 members (excludes halogenated alkanes) is 1. The fourth-order valence-corrected chi connectivity index (χ4v) is 2.18. The van der Waals surface area contributed by atoms with Crippen molar-refractivity contribution in [3.05, 3.63) is 17.5 Å². The maximum absolute atomic E-state index is 4.60. The van der Waals surface area contributed by atoms with Crippen LogP contribution in [0, 0.1) is 13.8 Å². The van der Waals surface area contributed by atoms with E-state index in [9.17, 15) is 0 Å². The van der Waals surface area contributed by atoms with Gasteiger partial charge in [0.15, 0.2) is 0 Å². The van der Waals surface area contributed by atoms with Gasteiger partial charge in [0.2, 0.25) is 0 Å². The SMILES string of the molecule is CCCCC(CCC)n1nc(C)cc1C. The molecule has 1 rings (SSSR count). The fraction of sp³-hybridized carbons (Fsp3) is 0.769. The molecule has 0 aromatic carbocycles. The minimum absolute atomic E-state index is 0.614. The summed E-state index contributed by atoms with van der Waals surface area (Å²) in [6.45, 7) is 8.75. The summed E-state index contributed by atoms with van der Waals surface area (Å²) in [4.78, 5) is 0. The Hall–Kier alpha value is -0.790. The summed E-state index contributed by atoms with van der Waals surface area (Å²) in [7, 11) is 0. The zero-order valence-corrected chi connectivity index (χ0v) is 10.6. The molecule has 0 bridgehead atoms. The van der Waals surface area contributed by atoms with Crippen LogP contribution in [-0.4, -0.2) is 9.78 Å². The molecule has 0 aliphatic carbocycles. The Morgan fingerprint density at radius 2 is 1.93 bits per heavy atom. The van der Waals surface area contributed by atoms with Crippen LogP contribution in [0.1, 0.15) is 63.4 Å². The standard InChI is InChI=1S/C13H24N2/c1-5-7-9-13(8-6-2)15-12(4)10-11(3)14-15/h10,13H,5-9H2,1-4H3. The molecule has 1 heterocycles. The van der Waals surface area contributed by atoms with Crippen LogP contribution in [0.3, 0.4) is 0 Å². The first-order valence-electron chi connectivity index (χ1n) is 6.21. The number of hydrogen-bond donors (Lipinski definition) is 0. The van der Waals surface area contributed by atoms with Crippen LogP contribution in [0.2, 0.25) is 0 Å². The summed E-state index contributed by atoms with van der Waals surface area (Å²) >= 11 is 0. The van der Waals surface area contributed by atoms with E-state index < -0.39 is 0 Å². The average Bonchev–Trinajstić information content (AvgIpc) is 2.52. The van der Waals surface area contributed by atoms with Crippen LogP contribution in [0.15, 0.2) is 6.07 Å². The second kappa shape index (κ2) is 5.94. The van der Waals surface area contributed by atoms with Crippen molar-refractivity contribution >= 4 is 0 Å². The Morgan fingerprint density at radius 3 is 2.40 bits per heavy atom. The highest BCUT2D eigenvalue weighted by Gasteiger charge is 2.12. The molecule has 1 unspecified atom stereocenters. The lowest BCUT2D eigenvalue weighted by Crippen LogP contribution is -2.12. The summed E-state index contributed by atoms with van der Waals surface area (Å²) in [6, 6.07) is 2.79. The maximum atomic E-state index is 4.60. The molecule has 0 radical (unpaired) electrons. The van der Waals surface area contributed by atoms with Gasteiger partial charge in [-0.3, -0.25) is 4.68 Å². The van der Waals surface area contributed by atoms with Gasteiger partial charge in [0.25, 0.3) is 0 Å². The van der Waals surface area contributed by atoms with Gasteiger partial charge in [-0.05, 0) is 32.8 Å². The van der Waals surface area contributed by atoms with Crippen molar-refractivity contribution in [3.8, 4) is 0 Å². The van der Waals surface area contributed by atoms with Gasteiger partial charge in [0.05, 0.1) is 11.7 Å². The highest BCUT2D eigenvalue weighted by molar-refractivity contribution is 5.07. The topological polar surface area (TPSA) is 17.8 Å². The van der Waals surface area contributed by atoms with Crippen LogP contribution in [-0.2, 0) is 0 Å². The molecular formula is C13H24N2. The number of aryl methyl sites for hydroxylation is 2. The molecule has 0 aliphatic heterocycles. The smallest absolute Gasteiger partial charge is 0.0596 e. The lowest BCUT2D eigenvalue weighted by molar-refractivity contribution is 0.376. The van der Waals surface area contributed by atoms with Crippen LogP contribution < -0.4 is 0 Å². The minimum Gasteiger partial charge on any atom is -0.267 e. The fourth-order valence-electron chi connectivity index (χ4n) is 2.18. The van der Waals surface area contributed by atoms with E-state index in [1.165, 1.54) is 37.8 Å². The van der Waals surface area contributed by atoms with Crippen molar-refractivity contribution < 1.29 is 0 Å². The van der Waals surface area contributed by atoms with Gasteiger partial charge in [-0.15, -0.1) is 0 Å². The molecule has 0 amide bonds. The molecule has 0 aliphatic rings. The molecule has 0 N–H and O–H groups in total. The first kappa shape index (κ1) is 12.3. The minimum atomic E-state index is 0.614. The van der Waals surface area contributed by atoms with E-state index in [2.05, 4.69) is 43.5 Å². The Balaban J connectivity index is 2.73. The highest BCUT2D eigenvalue weighted by Crippen LogP contribution is 2.22. The van der Waals surface area contributed by atoms with Crippen molar-refractivity contribution in [1.29, 1.82) is 0 Å². The molecule has 2 nitrogen and oxygen atoms in total. The zero-order valence-electron chi connectivity index (χ0n) is 10.6. The van der Waals surface area contributed by atoms with Gasteiger partial charge in [-0.25, -0.2) is 0 Å². The molecule has 0 spiro atoms. The predicted octanol–water partition coefficient (Wildman–Crippen LogP) is 4.03. The number of nitrogens with zero attached hydrogens (tertiary/aromatic N) is 2. The van der Waals surface area contributed by atoms with Gasteiger partial charge in [0.1, 0.15) is 0 Å². The third-order valence-corrected chi connectivity index (χ3v) is 2.90. The number of rotatable bonds is 6. The molecule has 1 atom stereocenters. The molecular weight excluding hydrogens is 184 g/mol. The predicted molar refractivity (Wildman–Crippen MR) is 65.2 cm³/mol. The monoisotopic (exact) mass is 208 g/mol. The van der Waals surface area contributed by atoms with E-state index in [4.69, 9.17) is 0 Å². The molecule has 15 heavy (non-hydrogen) atoms. The molecule has 86 valence electrons. The second-order valence-corrected chi connectivity index (χ2v) is 4.46. The first-order valence-corrected chi connectivity index (χ1v) is 6.21. The average molecular weight is 208 g/mol. The lowest BCUT2D eigenvalue weighted by atomic mass is 10.1. The van der Waals surface area contributed by atoms with Gasteiger partial charge in [0, 0.05) is 5.69 Å². The summed E-state index contributed by atoms with van der Waals surface area (Å²) < 4.78 is 2.23. The van der Waals surface area contributed by atoms with E-state index in [1.54, 1.807) is 0 Å². The maximum Gasteiger partial charge on any atom is 0.0596 e. The van der Waals surface area contributed by atoms with Crippen molar-refractivity contribution in [3.63, 3.8) is 0 Å². The third-order valence-electron chi connectivity index (χ3n) is 2.90. The van der Waals surface area contributed by atoms with Crippen molar-refractivity contribution in [1.82, 2.24) is 9.78 Å². The summed E-state index contributed by atoms with van der Waals surface area (Å²) in [5.74, 6) is 0. The van der Waals surface area contributed by atoms with Crippen molar-refractivity contribution in [2.45, 2.75) is 65.8 Å². The molecule has 1 aromatic heterocycles. The molecule has 0 saturated carbocycles. The molecule has 0 fully saturated rings. The van der Waals surface area contributed by atoms with Gasteiger partial charge in [-0.2, -0.15) is 5.10 Å². The quantitative estimate of drug-likeness (QED) is 0.690. The van der Waals surface area contributed by atoms with Crippen LogP contribution in [0.5, 0.6) is 0 Å². The van der Waals surface area contributed by atoms with Gasteiger partial charge < -0.3 is 0 Å². The summed E-state index contributed by atoms with van der Waals surface area (Å²) in [6.07, 6.45) is 6.35. The Kier molecular flexibility index (Phi) is 4.86. The molecule has 2 heteroatoms. The van der Waals surface area contributed by atoms with Crippen LogP contribution in [0.4, 0.5) is 0 Å². The first-order chi connectivity index (χ1) is 7.19. The Morgan fingerprint density at radius 1 is 1.20 bits per heavy atom. The van der Waals surface area contributed by atoms with Gasteiger partial charge >= 0.3 is 0 Å². The lowest BCUT2D eigenvalue weighted by Gasteiger charge is -2.18. The van der Waals surface area contributed by atoms with E-state index in [0.29, 0.717) is 6.04 Å². The number of aromatic nitrogens is 2. The van der Waals surface area contributed by atoms with E-state index in [1.807, 2.05) is 0 Å². The van der Waals surface area contributed by atoms with Crippen molar-refractivity contribution in [2.75, 3.05) is 0 Å². The molecule has 1 aromatic rings. The largest absolute Gasteiger partial charge is 0.267 e. The van der Waals surface area contributed by atoms with E-state index >= 15 is 0 Å². The third kappa shape index (κ3) is 3.37. The Labute approximate surface area is 93.7 Å². The molecule has 0 saturated heterocycles. The Bertz CT molecular complexity index is 289. The van der Waals surface area contributed by atoms with Crippen LogP contribution in [0.25, 0.3) is 0 Å².